The summed E-state index contributed by atoms with van der Waals surface area (Å²) in [5.41, 5.74) is -0.770. The van der Waals surface area contributed by atoms with Gasteiger partial charge < -0.3 is 16.0 Å². The number of rotatable bonds is 4. The Hall–Kier alpha value is -1.31. The summed E-state index contributed by atoms with van der Waals surface area (Å²) in [6.45, 7) is 3.24. The molecule has 3 N–H and O–H groups in total. The van der Waals surface area contributed by atoms with E-state index in [1.807, 2.05) is 0 Å². The Kier molecular flexibility index (Phi) is 5.61. The van der Waals surface area contributed by atoms with Gasteiger partial charge in [0.15, 0.2) is 0 Å². The highest BCUT2D eigenvalue weighted by Crippen LogP contribution is 2.31. The highest BCUT2D eigenvalue weighted by atomic mass is 19.4. The van der Waals surface area contributed by atoms with Crippen molar-refractivity contribution in [2.75, 3.05) is 20.1 Å². The fourth-order valence-corrected chi connectivity index (χ4v) is 2.21. The zero-order valence-corrected chi connectivity index (χ0v) is 12.4. The lowest BCUT2D eigenvalue weighted by Crippen LogP contribution is -2.53. The molecule has 1 rings (SSSR count). The maximum Gasteiger partial charge on any atom is 0.393 e. The van der Waals surface area contributed by atoms with Crippen LogP contribution < -0.4 is 16.0 Å². The summed E-state index contributed by atoms with van der Waals surface area (Å²) in [4.78, 5) is 23.5. The second kappa shape index (κ2) is 6.64. The average molecular weight is 309 g/mol. The summed E-state index contributed by atoms with van der Waals surface area (Å²) in [6.07, 6.45) is -4.15. The van der Waals surface area contributed by atoms with Gasteiger partial charge in [0.2, 0.25) is 11.8 Å². The van der Waals surface area contributed by atoms with Crippen LogP contribution in [0.15, 0.2) is 0 Å². The van der Waals surface area contributed by atoms with E-state index in [4.69, 9.17) is 0 Å². The number of hydrogen-bond donors (Lipinski definition) is 3. The third-order valence-electron chi connectivity index (χ3n) is 3.74. The van der Waals surface area contributed by atoms with E-state index in [9.17, 15) is 22.8 Å². The van der Waals surface area contributed by atoms with E-state index in [1.54, 1.807) is 13.8 Å². The number of piperidine rings is 1. The summed E-state index contributed by atoms with van der Waals surface area (Å²) < 4.78 is 37.5. The zero-order valence-electron chi connectivity index (χ0n) is 12.4. The van der Waals surface area contributed by atoms with Gasteiger partial charge >= 0.3 is 6.18 Å². The van der Waals surface area contributed by atoms with Crippen LogP contribution in [-0.4, -0.2) is 44.2 Å². The molecule has 0 spiro atoms. The Morgan fingerprint density at radius 3 is 2.29 bits per heavy atom. The molecule has 1 fully saturated rings. The minimum atomic E-state index is -4.23. The molecular formula is C13H22F3N3O2. The van der Waals surface area contributed by atoms with Crippen molar-refractivity contribution in [2.45, 2.75) is 38.9 Å². The highest BCUT2D eigenvalue weighted by Gasteiger charge is 2.42. The first-order valence-corrected chi connectivity index (χ1v) is 6.88. The second-order valence-corrected chi connectivity index (χ2v) is 5.96. The highest BCUT2D eigenvalue weighted by molar-refractivity contribution is 5.85. The van der Waals surface area contributed by atoms with Crippen LogP contribution in [0.2, 0.25) is 0 Å². The molecule has 0 radical (unpaired) electrons. The number of carbonyl (C=O) groups excluding carboxylic acids is 2. The van der Waals surface area contributed by atoms with E-state index >= 15 is 0 Å². The van der Waals surface area contributed by atoms with Crippen LogP contribution in [-0.2, 0) is 9.59 Å². The molecular weight excluding hydrogens is 287 g/mol. The molecule has 8 heteroatoms. The van der Waals surface area contributed by atoms with E-state index in [0.29, 0.717) is 0 Å². The topological polar surface area (TPSA) is 70.2 Å². The van der Waals surface area contributed by atoms with Gasteiger partial charge in [0.1, 0.15) is 0 Å². The Morgan fingerprint density at radius 1 is 1.24 bits per heavy atom. The third kappa shape index (κ3) is 4.87. The standard InChI is InChI=1S/C13H22F3N3O2/c1-12(2,11(21)17-3)7-19-10(20)9-5-4-8(6-18-9)13(14,15)16/h8-9,18H,4-7H2,1-3H3,(H,17,21)(H,19,20). The molecule has 2 amide bonds. The molecule has 1 saturated heterocycles. The lowest BCUT2D eigenvalue weighted by atomic mass is 9.91. The van der Waals surface area contributed by atoms with Crippen LogP contribution in [0.1, 0.15) is 26.7 Å². The summed E-state index contributed by atoms with van der Waals surface area (Å²) in [7, 11) is 1.51. The number of alkyl halides is 3. The van der Waals surface area contributed by atoms with Gasteiger partial charge in [-0.25, -0.2) is 0 Å². The van der Waals surface area contributed by atoms with Crippen molar-refractivity contribution >= 4 is 11.8 Å². The van der Waals surface area contributed by atoms with Crippen LogP contribution >= 0.6 is 0 Å². The predicted octanol–water partition coefficient (Wildman–Crippen LogP) is 0.805. The summed E-state index contributed by atoms with van der Waals surface area (Å²) in [5.74, 6) is -1.98. The van der Waals surface area contributed by atoms with Crippen LogP contribution in [0, 0.1) is 11.3 Å². The van der Waals surface area contributed by atoms with Crippen LogP contribution in [0.4, 0.5) is 13.2 Å². The van der Waals surface area contributed by atoms with Crippen molar-refractivity contribution in [1.29, 1.82) is 0 Å². The predicted molar refractivity (Wildman–Crippen MR) is 71.4 cm³/mol. The van der Waals surface area contributed by atoms with Crippen LogP contribution in [0.25, 0.3) is 0 Å². The lowest BCUT2D eigenvalue weighted by Gasteiger charge is -2.31. The maximum atomic E-state index is 12.5. The zero-order chi connectivity index (χ0) is 16.3. The quantitative estimate of drug-likeness (QED) is 0.719. The average Bonchev–Trinajstić information content (AvgIpc) is 2.43. The Balaban J connectivity index is 2.43. The van der Waals surface area contributed by atoms with Gasteiger partial charge in [0, 0.05) is 20.1 Å². The molecule has 0 aromatic heterocycles. The van der Waals surface area contributed by atoms with Crippen molar-refractivity contribution in [2.24, 2.45) is 11.3 Å². The first kappa shape index (κ1) is 17.7. The van der Waals surface area contributed by atoms with Crippen molar-refractivity contribution in [3.8, 4) is 0 Å². The fraction of sp³-hybridized carbons (Fsp3) is 0.846. The van der Waals surface area contributed by atoms with E-state index in [1.165, 1.54) is 7.05 Å². The number of amides is 2. The molecule has 1 aliphatic heterocycles. The number of carbonyl (C=O) groups is 2. The van der Waals surface area contributed by atoms with E-state index in [0.717, 1.165) is 0 Å². The minimum Gasteiger partial charge on any atom is -0.359 e. The van der Waals surface area contributed by atoms with Gasteiger partial charge in [-0.15, -0.1) is 0 Å². The lowest BCUT2D eigenvalue weighted by molar-refractivity contribution is -0.180. The van der Waals surface area contributed by atoms with E-state index in [-0.39, 0.29) is 37.7 Å². The van der Waals surface area contributed by atoms with Crippen molar-refractivity contribution in [3.63, 3.8) is 0 Å². The Labute approximate surface area is 122 Å². The van der Waals surface area contributed by atoms with Crippen LogP contribution in [0.3, 0.4) is 0 Å². The molecule has 5 nitrogen and oxygen atoms in total. The maximum absolute atomic E-state index is 12.5. The molecule has 1 heterocycles. The molecule has 2 unspecified atom stereocenters. The first-order valence-electron chi connectivity index (χ1n) is 6.88. The smallest absolute Gasteiger partial charge is 0.359 e. The Bertz CT molecular complexity index is 389. The second-order valence-electron chi connectivity index (χ2n) is 5.96. The van der Waals surface area contributed by atoms with Gasteiger partial charge in [-0.1, -0.05) is 0 Å². The summed E-state index contributed by atoms with van der Waals surface area (Å²) in [6, 6.07) is -0.635. The molecule has 1 aliphatic rings. The monoisotopic (exact) mass is 309 g/mol. The molecule has 0 aromatic rings. The fourth-order valence-electron chi connectivity index (χ4n) is 2.21. The first-order chi connectivity index (χ1) is 9.58. The van der Waals surface area contributed by atoms with Gasteiger partial charge in [0.05, 0.1) is 17.4 Å². The molecule has 122 valence electrons. The van der Waals surface area contributed by atoms with Gasteiger partial charge in [-0.3, -0.25) is 9.59 Å². The summed E-state index contributed by atoms with van der Waals surface area (Å²) in [5, 5.41) is 7.74. The van der Waals surface area contributed by atoms with Crippen molar-refractivity contribution in [1.82, 2.24) is 16.0 Å². The van der Waals surface area contributed by atoms with Crippen molar-refractivity contribution < 1.29 is 22.8 Å². The largest absolute Gasteiger partial charge is 0.393 e. The van der Waals surface area contributed by atoms with E-state index < -0.39 is 23.6 Å². The Morgan fingerprint density at radius 2 is 1.86 bits per heavy atom. The van der Waals surface area contributed by atoms with E-state index in [2.05, 4.69) is 16.0 Å². The summed E-state index contributed by atoms with van der Waals surface area (Å²) >= 11 is 0. The number of hydrogen-bond acceptors (Lipinski definition) is 3. The van der Waals surface area contributed by atoms with Gasteiger partial charge in [0.25, 0.3) is 0 Å². The minimum absolute atomic E-state index is 0.0621. The molecule has 0 aliphatic carbocycles. The van der Waals surface area contributed by atoms with Gasteiger partial charge in [-0.2, -0.15) is 13.2 Å². The number of nitrogens with one attached hydrogen (secondary N) is 3. The van der Waals surface area contributed by atoms with Crippen molar-refractivity contribution in [3.05, 3.63) is 0 Å². The SMILES string of the molecule is CNC(=O)C(C)(C)CNC(=O)C1CCC(C(F)(F)F)CN1. The van der Waals surface area contributed by atoms with Crippen LogP contribution in [0.5, 0.6) is 0 Å². The molecule has 0 saturated carbocycles. The number of halogens is 3. The third-order valence-corrected chi connectivity index (χ3v) is 3.74. The van der Waals surface area contributed by atoms with Gasteiger partial charge in [-0.05, 0) is 26.7 Å². The molecule has 0 bridgehead atoms. The molecule has 0 aromatic carbocycles. The molecule has 21 heavy (non-hydrogen) atoms. The molecule has 2 atom stereocenters. The normalized spacial score (nSPS) is 23.5.